The zero-order valence-corrected chi connectivity index (χ0v) is 14.3. The molecule has 0 spiro atoms. The van der Waals surface area contributed by atoms with E-state index in [2.05, 4.69) is 15.2 Å². The molecule has 0 aromatic carbocycles. The smallest absolute Gasteiger partial charge is 0.272 e. The van der Waals surface area contributed by atoms with E-state index in [0.29, 0.717) is 30.4 Å². The minimum Gasteiger partial charge on any atom is -0.388 e. The van der Waals surface area contributed by atoms with Crippen LogP contribution in [0.25, 0.3) is 0 Å². The van der Waals surface area contributed by atoms with Crippen LogP contribution in [0.2, 0.25) is 0 Å². The number of aromatic nitrogens is 4. The highest BCUT2D eigenvalue weighted by Crippen LogP contribution is 2.26. The van der Waals surface area contributed by atoms with Gasteiger partial charge in [-0.1, -0.05) is 5.16 Å². The number of aryl methyl sites for hydroxylation is 1. The highest BCUT2D eigenvalue weighted by molar-refractivity contribution is 5.92. The summed E-state index contributed by atoms with van der Waals surface area (Å²) in [6, 6.07) is 1.82. The Morgan fingerprint density at radius 1 is 1.50 bits per heavy atom. The maximum absolute atomic E-state index is 12.8. The number of β-amino-alcohol motifs (C(OH)–C–C–N with tert-alkyl or cyclic N) is 1. The fraction of sp³-hybridized carbons (Fsp3) is 0.625. The van der Waals surface area contributed by atoms with Gasteiger partial charge in [0, 0.05) is 18.8 Å². The van der Waals surface area contributed by atoms with E-state index in [1.807, 2.05) is 13.8 Å². The van der Waals surface area contributed by atoms with Crippen LogP contribution in [-0.2, 0) is 6.42 Å². The van der Waals surface area contributed by atoms with E-state index >= 15 is 0 Å². The molecule has 8 heteroatoms. The Morgan fingerprint density at radius 3 is 2.96 bits per heavy atom. The first kappa shape index (κ1) is 16.6. The summed E-state index contributed by atoms with van der Waals surface area (Å²) in [5.74, 6) is 0.829. The molecule has 0 radical (unpaired) electrons. The molecule has 3 heterocycles. The van der Waals surface area contributed by atoms with Crippen molar-refractivity contribution < 1.29 is 14.4 Å². The van der Waals surface area contributed by atoms with Crippen molar-refractivity contribution in [2.45, 2.75) is 51.7 Å². The lowest BCUT2D eigenvalue weighted by atomic mass is 9.89. The zero-order chi connectivity index (χ0) is 17.3. The summed E-state index contributed by atoms with van der Waals surface area (Å²) in [4.78, 5) is 18.7. The molecule has 1 unspecified atom stereocenters. The molecular weight excluding hydrogens is 310 g/mol. The third-order valence-corrected chi connectivity index (χ3v) is 4.27. The molecule has 1 atom stereocenters. The molecule has 2 aromatic rings. The molecule has 1 aliphatic rings. The summed E-state index contributed by atoms with van der Waals surface area (Å²) in [6.07, 6.45) is 3.21. The van der Waals surface area contributed by atoms with Crippen LogP contribution in [0.1, 0.15) is 54.9 Å². The van der Waals surface area contributed by atoms with Gasteiger partial charge in [-0.3, -0.25) is 9.48 Å². The number of carbonyl (C=O) groups excluding carboxylic acids is 1. The second-order valence-corrected chi connectivity index (χ2v) is 6.72. The van der Waals surface area contributed by atoms with Crippen molar-refractivity contribution >= 4 is 5.91 Å². The van der Waals surface area contributed by atoms with E-state index in [0.717, 1.165) is 6.42 Å². The van der Waals surface area contributed by atoms with Crippen molar-refractivity contribution in [2.24, 2.45) is 0 Å². The lowest BCUT2D eigenvalue weighted by Gasteiger charge is -2.38. The lowest BCUT2D eigenvalue weighted by molar-refractivity contribution is -0.0290. The second-order valence-electron chi connectivity index (χ2n) is 6.72. The SMILES string of the molecule is Cc1noc(CC2(O)CCCN(C(=O)c3ccnn3C(C)C)C2)n1. The number of carbonyl (C=O) groups is 1. The summed E-state index contributed by atoms with van der Waals surface area (Å²) in [6.45, 7) is 6.56. The molecular formula is C16H23N5O3. The maximum atomic E-state index is 12.8. The van der Waals surface area contributed by atoms with Crippen LogP contribution in [0.15, 0.2) is 16.8 Å². The van der Waals surface area contributed by atoms with E-state index < -0.39 is 5.60 Å². The molecule has 1 aliphatic heterocycles. The number of hydrogen-bond acceptors (Lipinski definition) is 6. The molecule has 130 valence electrons. The summed E-state index contributed by atoms with van der Waals surface area (Å²) in [7, 11) is 0. The first-order chi connectivity index (χ1) is 11.4. The van der Waals surface area contributed by atoms with Crippen molar-refractivity contribution in [1.82, 2.24) is 24.8 Å². The van der Waals surface area contributed by atoms with Gasteiger partial charge in [0.2, 0.25) is 5.89 Å². The number of rotatable bonds is 4. The fourth-order valence-corrected chi connectivity index (χ4v) is 3.18. The van der Waals surface area contributed by atoms with E-state index in [-0.39, 0.29) is 24.9 Å². The lowest BCUT2D eigenvalue weighted by Crippen LogP contribution is -2.51. The van der Waals surface area contributed by atoms with Gasteiger partial charge < -0.3 is 14.5 Å². The normalized spacial score (nSPS) is 21.5. The van der Waals surface area contributed by atoms with Crippen LogP contribution in [0.3, 0.4) is 0 Å². The first-order valence-electron chi connectivity index (χ1n) is 8.22. The minimum absolute atomic E-state index is 0.101. The average molecular weight is 333 g/mol. The predicted octanol–water partition coefficient (Wildman–Crippen LogP) is 1.37. The third kappa shape index (κ3) is 3.33. The Labute approximate surface area is 140 Å². The number of likely N-dealkylation sites (tertiary alicyclic amines) is 1. The van der Waals surface area contributed by atoms with E-state index in [1.54, 1.807) is 28.8 Å². The van der Waals surface area contributed by atoms with Crippen molar-refractivity contribution in [3.63, 3.8) is 0 Å². The number of aliphatic hydroxyl groups is 1. The summed E-state index contributed by atoms with van der Waals surface area (Å²) >= 11 is 0. The van der Waals surface area contributed by atoms with Crippen molar-refractivity contribution in [3.8, 4) is 0 Å². The van der Waals surface area contributed by atoms with Crippen LogP contribution in [0.5, 0.6) is 0 Å². The Balaban J connectivity index is 1.75. The molecule has 0 aliphatic carbocycles. The fourth-order valence-electron chi connectivity index (χ4n) is 3.18. The molecule has 0 saturated carbocycles. The van der Waals surface area contributed by atoms with Crippen LogP contribution in [0.4, 0.5) is 0 Å². The van der Waals surface area contributed by atoms with Crippen molar-refractivity contribution in [2.75, 3.05) is 13.1 Å². The van der Waals surface area contributed by atoms with Crippen molar-refractivity contribution in [1.29, 1.82) is 0 Å². The molecule has 1 fully saturated rings. The summed E-state index contributed by atoms with van der Waals surface area (Å²) < 4.78 is 6.82. The topological polar surface area (TPSA) is 97.3 Å². The van der Waals surface area contributed by atoms with Gasteiger partial charge in [-0.15, -0.1) is 0 Å². The molecule has 8 nitrogen and oxygen atoms in total. The van der Waals surface area contributed by atoms with Gasteiger partial charge in [0.1, 0.15) is 5.69 Å². The Bertz CT molecular complexity index is 723. The summed E-state index contributed by atoms with van der Waals surface area (Å²) in [5, 5.41) is 18.8. The zero-order valence-electron chi connectivity index (χ0n) is 14.3. The van der Waals surface area contributed by atoms with Crippen LogP contribution < -0.4 is 0 Å². The van der Waals surface area contributed by atoms with Crippen LogP contribution in [-0.4, -0.2) is 54.5 Å². The third-order valence-electron chi connectivity index (χ3n) is 4.27. The molecule has 1 amide bonds. The summed E-state index contributed by atoms with van der Waals surface area (Å²) in [5.41, 5.74) is -0.502. The maximum Gasteiger partial charge on any atom is 0.272 e. The van der Waals surface area contributed by atoms with Gasteiger partial charge in [0.15, 0.2) is 5.82 Å². The molecule has 2 aromatic heterocycles. The molecule has 1 N–H and O–H groups in total. The standard InChI is InChI=1S/C16H23N5O3/c1-11(2)21-13(5-7-17-21)15(22)20-8-4-6-16(23,10-20)9-14-18-12(3)19-24-14/h5,7,11,23H,4,6,8-10H2,1-3H3. The van der Waals surface area contributed by atoms with E-state index in [1.165, 1.54) is 0 Å². The molecule has 24 heavy (non-hydrogen) atoms. The van der Waals surface area contributed by atoms with Gasteiger partial charge in [0.25, 0.3) is 5.91 Å². The largest absolute Gasteiger partial charge is 0.388 e. The monoisotopic (exact) mass is 333 g/mol. The highest BCUT2D eigenvalue weighted by atomic mass is 16.5. The molecule has 1 saturated heterocycles. The highest BCUT2D eigenvalue weighted by Gasteiger charge is 2.37. The minimum atomic E-state index is -1.05. The second kappa shape index (κ2) is 6.35. The number of hydrogen-bond donors (Lipinski definition) is 1. The predicted molar refractivity (Wildman–Crippen MR) is 85.4 cm³/mol. The Morgan fingerprint density at radius 2 is 2.29 bits per heavy atom. The van der Waals surface area contributed by atoms with Crippen molar-refractivity contribution in [3.05, 3.63) is 29.7 Å². The number of nitrogens with zero attached hydrogens (tertiary/aromatic N) is 5. The first-order valence-corrected chi connectivity index (χ1v) is 8.22. The van der Waals surface area contributed by atoms with Crippen LogP contribution >= 0.6 is 0 Å². The van der Waals surface area contributed by atoms with E-state index in [4.69, 9.17) is 4.52 Å². The Hall–Kier alpha value is -2.22. The van der Waals surface area contributed by atoms with Gasteiger partial charge in [-0.2, -0.15) is 10.1 Å². The van der Waals surface area contributed by atoms with Gasteiger partial charge in [-0.05, 0) is 39.7 Å². The average Bonchev–Trinajstić information content (AvgIpc) is 3.15. The number of amides is 1. The molecule has 3 rings (SSSR count). The Kier molecular flexibility index (Phi) is 4.40. The van der Waals surface area contributed by atoms with Crippen LogP contribution in [0, 0.1) is 6.92 Å². The van der Waals surface area contributed by atoms with Gasteiger partial charge >= 0.3 is 0 Å². The molecule has 0 bridgehead atoms. The van der Waals surface area contributed by atoms with Gasteiger partial charge in [0.05, 0.1) is 18.6 Å². The van der Waals surface area contributed by atoms with E-state index in [9.17, 15) is 9.90 Å². The number of piperidine rings is 1. The van der Waals surface area contributed by atoms with Gasteiger partial charge in [-0.25, -0.2) is 0 Å². The quantitative estimate of drug-likeness (QED) is 0.907.